The Morgan fingerprint density at radius 3 is 2.54 bits per heavy atom. The Kier molecular flexibility index (Phi) is 7.02. The van der Waals surface area contributed by atoms with Crippen molar-refractivity contribution < 1.29 is 9.53 Å². The molecule has 1 amide bonds. The summed E-state index contributed by atoms with van der Waals surface area (Å²) in [5, 5.41) is 3.02. The Morgan fingerprint density at radius 1 is 1.12 bits per heavy atom. The zero-order chi connectivity index (χ0) is 19.1. The van der Waals surface area contributed by atoms with E-state index in [-0.39, 0.29) is 11.8 Å². The van der Waals surface area contributed by atoms with Crippen molar-refractivity contribution in [2.45, 2.75) is 46.0 Å². The molecule has 0 saturated carbocycles. The van der Waals surface area contributed by atoms with Crippen molar-refractivity contribution in [3.05, 3.63) is 71.8 Å². The van der Waals surface area contributed by atoms with Crippen LogP contribution in [0.15, 0.2) is 49.6 Å². The molecule has 0 radical (unpaired) electrons. The van der Waals surface area contributed by atoms with E-state index in [9.17, 15) is 4.79 Å². The lowest BCUT2D eigenvalue weighted by atomic mass is 9.83. The zero-order valence-corrected chi connectivity index (χ0v) is 16.1. The molecule has 0 spiro atoms. The van der Waals surface area contributed by atoms with Gasteiger partial charge in [-0.3, -0.25) is 4.79 Å². The number of rotatable bonds is 5. The highest BCUT2D eigenvalue weighted by molar-refractivity contribution is 5.95. The van der Waals surface area contributed by atoms with Crippen molar-refractivity contribution in [1.29, 1.82) is 0 Å². The van der Waals surface area contributed by atoms with E-state index in [1.807, 2.05) is 18.2 Å². The molecular formula is C23H29NO2. The largest absolute Gasteiger partial charge is 0.493 e. The van der Waals surface area contributed by atoms with E-state index < -0.39 is 0 Å². The second kappa shape index (κ2) is 9.23. The average Bonchev–Trinajstić information content (AvgIpc) is 2.65. The van der Waals surface area contributed by atoms with Crippen LogP contribution in [0.1, 0.15) is 54.4 Å². The lowest BCUT2D eigenvalue weighted by Gasteiger charge is -2.28. The zero-order valence-electron chi connectivity index (χ0n) is 16.1. The molecule has 3 rings (SSSR count). The Hall–Kier alpha value is -2.55. The maximum absolute atomic E-state index is 12.2. The molecule has 0 aliphatic carbocycles. The molecule has 1 aliphatic heterocycles. The first-order valence-electron chi connectivity index (χ1n) is 9.23. The minimum absolute atomic E-state index is 0.0471. The molecule has 0 saturated heterocycles. The molecule has 2 aromatic rings. The fraction of sp³-hybridized carbons (Fsp3) is 0.348. The van der Waals surface area contributed by atoms with Gasteiger partial charge in [0.05, 0.1) is 6.61 Å². The molecule has 1 heterocycles. The highest BCUT2D eigenvalue weighted by Crippen LogP contribution is 2.41. The summed E-state index contributed by atoms with van der Waals surface area (Å²) < 4.78 is 6.00. The maximum Gasteiger partial charge on any atom is 0.225 e. The first kappa shape index (κ1) is 19.8. The second-order valence-corrected chi connectivity index (χ2v) is 6.57. The Balaban J connectivity index is 0.00000117. The van der Waals surface area contributed by atoms with Gasteiger partial charge in [0.15, 0.2) is 0 Å². The number of unbranched alkanes of at least 4 members (excludes halogenated alkanes) is 1. The minimum Gasteiger partial charge on any atom is -0.493 e. The van der Waals surface area contributed by atoms with Crippen LogP contribution in [-0.2, 0) is 4.79 Å². The molecule has 0 bridgehead atoms. The summed E-state index contributed by atoms with van der Waals surface area (Å²) >= 11 is 0. The van der Waals surface area contributed by atoms with Crippen molar-refractivity contribution >= 4 is 11.6 Å². The van der Waals surface area contributed by atoms with Gasteiger partial charge in [-0.05, 0) is 49.1 Å². The third kappa shape index (κ3) is 4.34. The standard InChI is InChI=1S/C21H25NO2.C2H4/c1-4-5-10-24-20-9-7-6-8-16(20)17-13-21(23)22-19-12-15(3)14(2)11-18(17)19;1-2/h6-9,11-12,17H,4-5,10,13H2,1-3H3,(H,22,23);1-2H2. The average molecular weight is 351 g/mol. The van der Waals surface area contributed by atoms with Crippen LogP contribution in [0.5, 0.6) is 5.75 Å². The third-order valence-electron chi connectivity index (χ3n) is 4.75. The van der Waals surface area contributed by atoms with Gasteiger partial charge < -0.3 is 10.1 Å². The maximum atomic E-state index is 12.2. The van der Waals surface area contributed by atoms with Gasteiger partial charge in [0, 0.05) is 23.6 Å². The predicted molar refractivity (Wildman–Crippen MR) is 109 cm³/mol. The SMILES string of the molecule is C=C.CCCCOc1ccccc1C1CC(=O)Nc2cc(C)c(C)cc21. The molecule has 2 aromatic carbocycles. The summed E-state index contributed by atoms with van der Waals surface area (Å²) in [7, 11) is 0. The lowest BCUT2D eigenvalue weighted by molar-refractivity contribution is -0.116. The van der Waals surface area contributed by atoms with E-state index in [0.29, 0.717) is 13.0 Å². The van der Waals surface area contributed by atoms with Gasteiger partial charge in [0.25, 0.3) is 0 Å². The van der Waals surface area contributed by atoms with Gasteiger partial charge in [0.1, 0.15) is 5.75 Å². The Morgan fingerprint density at radius 2 is 1.81 bits per heavy atom. The molecular weight excluding hydrogens is 322 g/mol. The summed E-state index contributed by atoms with van der Waals surface area (Å²) in [6, 6.07) is 12.4. The molecule has 3 heteroatoms. The topological polar surface area (TPSA) is 38.3 Å². The fourth-order valence-electron chi connectivity index (χ4n) is 3.24. The summed E-state index contributed by atoms with van der Waals surface area (Å²) in [4.78, 5) is 12.2. The lowest BCUT2D eigenvalue weighted by Crippen LogP contribution is -2.24. The van der Waals surface area contributed by atoms with Crippen molar-refractivity contribution in [3.8, 4) is 5.75 Å². The highest BCUT2D eigenvalue weighted by atomic mass is 16.5. The van der Waals surface area contributed by atoms with E-state index in [1.165, 1.54) is 16.7 Å². The first-order valence-corrected chi connectivity index (χ1v) is 9.23. The number of carbonyl (C=O) groups is 1. The van der Waals surface area contributed by atoms with Gasteiger partial charge in [0.2, 0.25) is 5.91 Å². The summed E-state index contributed by atoms with van der Waals surface area (Å²) in [6.07, 6.45) is 2.60. The monoisotopic (exact) mass is 351 g/mol. The van der Waals surface area contributed by atoms with E-state index in [1.54, 1.807) is 0 Å². The first-order chi connectivity index (χ1) is 12.6. The van der Waals surface area contributed by atoms with E-state index in [2.05, 4.69) is 57.4 Å². The molecule has 0 fully saturated rings. The number of nitrogens with one attached hydrogen (secondary N) is 1. The summed E-state index contributed by atoms with van der Waals surface area (Å²) in [6.45, 7) is 13.1. The van der Waals surface area contributed by atoms with E-state index in [4.69, 9.17) is 4.74 Å². The van der Waals surface area contributed by atoms with Gasteiger partial charge in [-0.1, -0.05) is 37.6 Å². The van der Waals surface area contributed by atoms with Crippen molar-refractivity contribution in [1.82, 2.24) is 0 Å². The Bertz CT molecular complexity index is 767. The smallest absolute Gasteiger partial charge is 0.225 e. The Labute approximate surface area is 157 Å². The number of aryl methyl sites for hydroxylation is 2. The van der Waals surface area contributed by atoms with Crippen LogP contribution in [0.3, 0.4) is 0 Å². The summed E-state index contributed by atoms with van der Waals surface area (Å²) in [5.74, 6) is 1.01. The van der Waals surface area contributed by atoms with Crippen LogP contribution in [0.25, 0.3) is 0 Å². The molecule has 138 valence electrons. The molecule has 1 N–H and O–H groups in total. The number of amides is 1. The van der Waals surface area contributed by atoms with Gasteiger partial charge in [-0.15, -0.1) is 13.2 Å². The van der Waals surface area contributed by atoms with Gasteiger partial charge >= 0.3 is 0 Å². The van der Waals surface area contributed by atoms with Crippen LogP contribution in [0.4, 0.5) is 5.69 Å². The number of hydrogen-bond donors (Lipinski definition) is 1. The van der Waals surface area contributed by atoms with Crippen molar-refractivity contribution in [2.24, 2.45) is 0 Å². The van der Waals surface area contributed by atoms with Crippen LogP contribution >= 0.6 is 0 Å². The fourth-order valence-corrected chi connectivity index (χ4v) is 3.24. The minimum atomic E-state index is 0.0471. The molecule has 1 unspecified atom stereocenters. The molecule has 1 atom stereocenters. The number of hydrogen-bond acceptors (Lipinski definition) is 2. The quantitative estimate of drug-likeness (QED) is 0.549. The van der Waals surface area contributed by atoms with E-state index in [0.717, 1.165) is 29.8 Å². The van der Waals surface area contributed by atoms with E-state index >= 15 is 0 Å². The van der Waals surface area contributed by atoms with Crippen molar-refractivity contribution in [3.63, 3.8) is 0 Å². The number of para-hydroxylation sites is 1. The van der Waals surface area contributed by atoms with Gasteiger partial charge in [-0.2, -0.15) is 0 Å². The molecule has 3 nitrogen and oxygen atoms in total. The third-order valence-corrected chi connectivity index (χ3v) is 4.75. The normalized spacial score (nSPS) is 15.3. The number of ether oxygens (including phenoxy) is 1. The van der Waals surface area contributed by atoms with Gasteiger partial charge in [-0.25, -0.2) is 0 Å². The van der Waals surface area contributed by atoms with Crippen molar-refractivity contribution in [2.75, 3.05) is 11.9 Å². The van der Waals surface area contributed by atoms with Crippen LogP contribution < -0.4 is 10.1 Å². The molecule has 26 heavy (non-hydrogen) atoms. The molecule has 1 aliphatic rings. The van der Waals surface area contributed by atoms with Crippen LogP contribution in [0.2, 0.25) is 0 Å². The molecule has 0 aromatic heterocycles. The van der Waals surface area contributed by atoms with Crippen LogP contribution in [-0.4, -0.2) is 12.5 Å². The highest BCUT2D eigenvalue weighted by Gasteiger charge is 2.29. The number of fused-ring (bicyclic) bond motifs is 1. The second-order valence-electron chi connectivity index (χ2n) is 6.57. The number of anilines is 1. The number of carbonyl (C=O) groups excluding carboxylic acids is 1. The number of benzene rings is 2. The summed E-state index contributed by atoms with van der Waals surface area (Å²) in [5.41, 5.74) is 5.67. The van der Waals surface area contributed by atoms with Crippen LogP contribution in [0, 0.1) is 13.8 Å². The predicted octanol–water partition coefficient (Wildman–Crippen LogP) is 5.76.